The molecule has 1 aliphatic rings. The van der Waals surface area contributed by atoms with Crippen LogP contribution in [0.1, 0.15) is 42.9 Å². The third-order valence-electron chi connectivity index (χ3n) is 7.19. The molecular formula is C30H31N3O4S. The number of aryl methyl sites for hydroxylation is 1. The molecule has 7 nitrogen and oxygen atoms in total. The first kappa shape index (κ1) is 25.9. The molecule has 0 aliphatic carbocycles. The van der Waals surface area contributed by atoms with Crippen molar-refractivity contribution in [3.63, 3.8) is 0 Å². The fourth-order valence-electron chi connectivity index (χ4n) is 4.98. The Morgan fingerprint density at radius 1 is 0.974 bits per heavy atom. The quantitative estimate of drug-likeness (QED) is 0.319. The van der Waals surface area contributed by atoms with Gasteiger partial charge in [-0.2, -0.15) is 4.31 Å². The zero-order chi connectivity index (χ0) is 27.0. The summed E-state index contributed by atoms with van der Waals surface area (Å²) >= 11 is 0. The lowest BCUT2D eigenvalue weighted by Crippen LogP contribution is -2.46. The fourth-order valence-corrected chi connectivity index (χ4v) is 6.56. The van der Waals surface area contributed by atoms with Crippen molar-refractivity contribution in [3.8, 4) is 0 Å². The van der Waals surface area contributed by atoms with Gasteiger partial charge in [-0.05, 0) is 60.7 Å². The highest BCUT2D eigenvalue weighted by molar-refractivity contribution is 7.89. The van der Waals surface area contributed by atoms with Crippen LogP contribution < -0.4 is 4.90 Å². The minimum absolute atomic E-state index is 0.0574. The van der Waals surface area contributed by atoms with Gasteiger partial charge in [-0.15, -0.1) is 0 Å². The smallest absolute Gasteiger partial charge is 0.252 e. The van der Waals surface area contributed by atoms with Crippen LogP contribution in [0, 0.1) is 6.92 Å². The number of aromatic amines is 1. The van der Waals surface area contributed by atoms with E-state index in [0.717, 1.165) is 32.5 Å². The molecule has 1 saturated heterocycles. The van der Waals surface area contributed by atoms with Gasteiger partial charge in [0.2, 0.25) is 15.9 Å². The Morgan fingerprint density at radius 2 is 1.66 bits per heavy atom. The van der Waals surface area contributed by atoms with Crippen LogP contribution in [0.5, 0.6) is 0 Å². The van der Waals surface area contributed by atoms with E-state index in [4.69, 9.17) is 0 Å². The summed E-state index contributed by atoms with van der Waals surface area (Å²) in [6.45, 7) is 6.08. The van der Waals surface area contributed by atoms with Crippen LogP contribution in [0.15, 0.2) is 83.9 Å². The maximum absolute atomic E-state index is 13.9. The van der Waals surface area contributed by atoms with Crippen LogP contribution >= 0.6 is 0 Å². The number of aromatic nitrogens is 1. The second-order valence-electron chi connectivity index (χ2n) is 10.1. The largest absolute Gasteiger partial charge is 0.361 e. The first-order chi connectivity index (χ1) is 18.2. The van der Waals surface area contributed by atoms with Crippen molar-refractivity contribution >= 4 is 38.4 Å². The first-order valence-electron chi connectivity index (χ1n) is 12.8. The molecule has 2 heterocycles. The number of para-hydroxylation sites is 1. The predicted octanol–water partition coefficient (Wildman–Crippen LogP) is 5.17. The van der Waals surface area contributed by atoms with Gasteiger partial charge in [-0.1, -0.05) is 61.9 Å². The molecule has 2 amide bonds. The molecule has 0 spiro atoms. The standard InChI is InChI=1S/C30H31N3O4S/c1-20(2)22-10-12-24(13-11-22)33-29(34)18-28(30(33)35)32(38(36,37)25-14-8-21(3)9-15-25)17-16-23-19-31-27-7-5-4-6-26(23)27/h4-15,19-20,28,31H,16-18H2,1-3H3. The number of hydrogen-bond donors (Lipinski definition) is 1. The molecule has 38 heavy (non-hydrogen) atoms. The number of nitrogens with zero attached hydrogens (tertiary/aromatic N) is 2. The van der Waals surface area contributed by atoms with Crippen LogP contribution in [0.4, 0.5) is 5.69 Å². The SMILES string of the molecule is Cc1ccc(S(=O)(=O)N(CCc2c[nH]c3ccccc23)C2CC(=O)N(c3ccc(C(C)C)cc3)C2=O)cc1. The number of benzene rings is 3. The predicted molar refractivity (Wildman–Crippen MR) is 149 cm³/mol. The van der Waals surface area contributed by atoms with E-state index < -0.39 is 27.9 Å². The second-order valence-corrected chi connectivity index (χ2v) is 12.0. The van der Waals surface area contributed by atoms with Crippen molar-refractivity contribution in [1.82, 2.24) is 9.29 Å². The number of rotatable bonds is 8. The summed E-state index contributed by atoms with van der Waals surface area (Å²) in [5.41, 5.74) is 4.38. The number of amides is 2. The number of hydrogen-bond acceptors (Lipinski definition) is 4. The molecule has 1 atom stereocenters. The zero-order valence-corrected chi connectivity index (χ0v) is 22.5. The average molecular weight is 530 g/mol. The highest BCUT2D eigenvalue weighted by Gasteiger charge is 2.46. The van der Waals surface area contributed by atoms with Crippen molar-refractivity contribution in [2.75, 3.05) is 11.4 Å². The monoisotopic (exact) mass is 529 g/mol. The molecule has 196 valence electrons. The van der Waals surface area contributed by atoms with Crippen LogP contribution in [-0.2, 0) is 26.0 Å². The van der Waals surface area contributed by atoms with Crippen LogP contribution in [0.3, 0.4) is 0 Å². The summed E-state index contributed by atoms with van der Waals surface area (Å²) in [4.78, 5) is 31.2. The fraction of sp³-hybridized carbons (Fsp3) is 0.267. The molecular weight excluding hydrogens is 498 g/mol. The number of sulfonamides is 1. The van der Waals surface area contributed by atoms with Crippen molar-refractivity contribution in [2.45, 2.75) is 50.5 Å². The van der Waals surface area contributed by atoms with Gasteiger partial charge in [0.05, 0.1) is 17.0 Å². The Morgan fingerprint density at radius 3 is 2.34 bits per heavy atom. The van der Waals surface area contributed by atoms with Gasteiger partial charge in [0, 0.05) is 23.6 Å². The third kappa shape index (κ3) is 4.77. The maximum atomic E-state index is 13.9. The number of fused-ring (bicyclic) bond motifs is 1. The molecule has 1 unspecified atom stereocenters. The number of carbonyl (C=O) groups excluding carboxylic acids is 2. The second kappa shape index (κ2) is 10.2. The van der Waals surface area contributed by atoms with E-state index in [9.17, 15) is 18.0 Å². The van der Waals surface area contributed by atoms with Gasteiger partial charge in [0.25, 0.3) is 5.91 Å². The molecule has 5 rings (SSSR count). The van der Waals surface area contributed by atoms with Crippen LogP contribution in [-0.4, -0.2) is 42.1 Å². The van der Waals surface area contributed by atoms with Crippen molar-refractivity contribution in [2.24, 2.45) is 0 Å². The van der Waals surface area contributed by atoms with E-state index >= 15 is 0 Å². The maximum Gasteiger partial charge on any atom is 0.252 e. The van der Waals surface area contributed by atoms with E-state index in [0.29, 0.717) is 18.0 Å². The molecule has 1 fully saturated rings. The normalized spacial score (nSPS) is 16.3. The average Bonchev–Trinajstić information content (AvgIpc) is 3.44. The lowest BCUT2D eigenvalue weighted by atomic mass is 10.0. The zero-order valence-electron chi connectivity index (χ0n) is 21.7. The summed E-state index contributed by atoms with van der Waals surface area (Å²) in [7, 11) is -4.06. The van der Waals surface area contributed by atoms with Gasteiger partial charge in [-0.3, -0.25) is 9.59 Å². The highest BCUT2D eigenvalue weighted by atomic mass is 32.2. The molecule has 0 saturated carbocycles. The van der Waals surface area contributed by atoms with Gasteiger partial charge < -0.3 is 4.98 Å². The van der Waals surface area contributed by atoms with E-state index in [-0.39, 0.29) is 17.9 Å². The molecule has 3 aromatic carbocycles. The Bertz CT molecular complexity index is 1590. The Labute approximate surface area is 223 Å². The minimum Gasteiger partial charge on any atom is -0.361 e. The highest BCUT2D eigenvalue weighted by Crippen LogP contribution is 2.31. The van der Waals surface area contributed by atoms with Gasteiger partial charge >= 0.3 is 0 Å². The van der Waals surface area contributed by atoms with Gasteiger partial charge in [0.15, 0.2) is 0 Å². The van der Waals surface area contributed by atoms with Crippen molar-refractivity contribution < 1.29 is 18.0 Å². The Balaban J connectivity index is 1.49. The number of nitrogens with one attached hydrogen (secondary N) is 1. The third-order valence-corrected chi connectivity index (χ3v) is 9.11. The first-order valence-corrected chi connectivity index (χ1v) is 14.2. The molecule has 4 aromatic rings. The summed E-state index contributed by atoms with van der Waals surface area (Å²) in [5, 5.41) is 1.00. The van der Waals surface area contributed by atoms with E-state index in [1.165, 1.54) is 4.31 Å². The number of anilines is 1. The molecule has 8 heteroatoms. The Hall–Kier alpha value is -3.75. The number of H-pyrrole nitrogens is 1. The van der Waals surface area contributed by atoms with E-state index in [2.05, 4.69) is 18.8 Å². The summed E-state index contributed by atoms with van der Waals surface area (Å²) in [6, 6.07) is 20.5. The summed E-state index contributed by atoms with van der Waals surface area (Å²) in [5.74, 6) is -0.628. The summed E-state index contributed by atoms with van der Waals surface area (Å²) < 4.78 is 29.0. The number of carbonyl (C=O) groups is 2. The van der Waals surface area contributed by atoms with Gasteiger partial charge in [0.1, 0.15) is 6.04 Å². The van der Waals surface area contributed by atoms with Crippen LogP contribution in [0.2, 0.25) is 0 Å². The lowest BCUT2D eigenvalue weighted by Gasteiger charge is -2.27. The van der Waals surface area contributed by atoms with Crippen molar-refractivity contribution in [3.05, 3.63) is 95.7 Å². The van der Waals surface area contributed by atoms with E-state index in [1.807, 2.05) is 49.5 Å². The van der Waals surface area contributed by atoms with Gasteiger partial charge in [-0.25, -0.2) is 13.3 Å². The molecule has 1 aliphatic heterocycles. The van der Waals surface area contributed by atoms with Crippen molar-refractivity contribution in [1.29, 1.82) is 0 Å². The molecule has 1 aromatic heterocycles. The Kier molecular flexibility index (Phi) is 6.94. The molecule has 0 bridgehead atoms. The lowest BCUT2D eigenvalue weighted by molar-refractivity contribution is -0.122. The topological polar surface area (TPSA) is 90.6 Å². The van der Waals surface area contributed by atoms with E-state index in [1.54, 1.807) is 36.4 Å². The molecule has 0 radical (unpaired) electrons. The molecule has 1 N–H and O–H groups in total. The summed E-state index contributed by atoms with van der Waals surface area (Å²) in [6.07, 6.45) is 2.05. The number of imide groups is 1. The van der Waals surface area contributed by atoms with Crippen LogP contribution in [0.25, 0.3) is 10.9 Å². The minimum atomic E-state index is -4.06.